The zero-order chi connectivity index (χ0) is 20.4. The van der Waals surface area contributed by atoms with Crippen molar-refractivity contribution < 1.29 is 19.4 Å². The normalized spacial score (nSPS) is 18.1. The third kappa shape index (κ3) is 3.14. The van der Waals surface area contributed by atoms with Gasteiger partial charge in [0.05, 0.1) is 18.7 Å². The van der Waals surface area contributed by atoms with Crippen molar-refractivity contribution in [1.29, 1.82) is 0 Å². The average molecular weight is 386 g/mol. The van der Waals surface area contributed by atoms with E-state index < -0.39 is 17.7 Å². The first kappa shape index (κ1) is 18.4. The number of para-hydroxylation sites is 2. The lowest BCUT2D eigenvalue weighted by molar-refractivity contribution is -0.132. The molecule has 1 unspecified atom stereocenters. The minimum absolute atomic E-state index is 0.00885. The summed E-state index contributed by atoms with van der Waals surface area (Å²) in [5.74, 6) is -1.19. The van der Waals surface area contributed by atoms with Gasteiger partial charge >= 0.3 is 0 Å². The minimum atomic E-state index is -0.832. The number of amides is 1. The second-order valence-corrected chi connectivity index (χ2v) is 6.48. The molecule has 1 fully saturated rings. The number of Topliss-reactive ketones (excluding diaryl/α,β-unsaturated/α-hetero) is 1. The molecular weight excluding hydrogens is 368 g/mol. The van der Waals surface area contributed by atoms with E-state index in [2.05, 4.69) is 4.98 Å². The number of rotatable bonds is 4. The van der Waals surface area contributed by atoms with E-state index in [9.17, 15) is 14.7 Å². The molecular formula is C23H18N2O4. The molecule has 1 aliphatic rings. The van der Waals surface area contributed by atoms with E-state index >= 15 is 0 Å². The van der Waals surface area contributed by atoms with Crippen molar-refractivity contribution in [3.05, 3.63) is 95.8 Å². The zero-order valence-corrected chi connectivity index (χ0v) is 15.6. The summed E-state index contributed by atoms with van der Waals surface area (Å²) in [6.07, 6.45) is 3.03. The van der Waals surface area contributed by atoms with Crippen LogP contribution in [-0.2, 0) is 9.59 Å². The number of ketones is 1. The molecule has 4 rings (SSSR count). The summed E-state index contributed by atoms with van der Waals surface area (Å²) >= 11 is 0. The fourth-order valence-electron chi connectivity index (χ4n) is 3.54. The fourth-order valence-corrected chi connectivity index (χ4v) is 3.54. The Bertz CT molecular complexity index is 1090. The van der Waals surface area contributed by atoms with Crippen LogP contribution in [0.15, 0.2) is 84.7 Å². The maximum absolute atomic E-state index is 13.0. The van der Waals surface area contributed by atoms with E-state index in [1.165, 1.54) is 24.4 Å². The largest absolute Gasteiger partial charge is 0.507 e. The molecule has 0 saturated carbocycles. The Labute approximate surface area is 167 Å². The summed E-state index contributed by atoms with van der Waals surface area (Å²) in [5.41, 5.74) is 1.58. The van der Waals surface area contributed by atoms with Crippen molar-refractivity contribution in [3.8, 4) is 5.75 Å². The van der Waals surface area contributed by atoms with Gasteiger partial charge in [0.15, 0.2) is 0 Å². The Balaban J connectivity index is 1.99. The van der Waals surface area contributed by atoms with Crippen molar-refractivity contribution in [1.82, 2.24) is 4.98 Å². The highest BCUT2D eigenvalue weighted by Gasteiger charge is 2.47. The Morgan fingerprint density at radius 3 is 2.31 bits per heavy atom. The topological polar surface area (TPSA) is 79.7 Å². The third-order valence-electron chi connectivity index (χ3n) is 4.87. The van der Waals surface area contributed by atoms with Gasteiger partial charge in [0.2, 0.25) is 0 Å². The van der Waals surface area contributed by atoms with Gasteiger partial charge in [0.25, 0.3) is 11.7 Å². The molecule has 0 bridgehead atoms. The minimum Gasteiger partial charge on any atom is -0.507 e. The van der Waals surface area contributed by atoms with E-state index in [1.54, 1.807) is 60.7 Å². The van der Waals surface area contributed by atoms with Crippen LogP contribution in [0, 0.1) is 0 Å². The van der Waals surface area contributed by atoms with Gasteiger partial charge < -0.3 is 9.84 Å². The summed E-state index contributed by atoms with van der Waals surface area (Å²) in [5, 5.41) is 11.0. The molecule has 29 heavy (non-hydrogen) atoms. The number of hydrogen-bond acceptors (Lipinski definition) is 5. The van der Waals surface area contributed by atoms with Crippen molar-refractivity contribution in [3.63, 3.8) is 0 Å². The number of aromatic nitrogens is 1. The summed E-state index contributed by atoms with van der Waals surface area (Å²) in [7, 11) is 1.52. The van der Waals surface area contributed by atoms with Crippen LogP contribution in [0.2, 0.25) is 0 Å². The molecule has 6 heteroatoms. The smallest absolute Gasteiger partial charge is 0.300 e. The van der Waals surface area contributed by atoms with Gasteiger partial charge in [-0.15, -0.1) is 0 Å². The molecule has 1 atom stereocenters. The first-order valence-corrected chi connectivity index (χ1v) is 9.03. The number of anilines is 1. The lowest BCUT2D eigenvalue weighted by Crippen LogP contribution is -2.29. The summed E-state index contributed by atoms with van der Waals surface area (Å²) < 4.78 is 5.48. The van der Waals surface area contributed by atoms with Crippen molar-refractivity contribution in [2.75, 3.05) is 12.0 Å². The SMILES string of the molecule is COc1ccccc1C1/C(=C(/O)c2ccncc2)C(=O)C(=O)N1c1ccccc1. The van der Waals surface area contributed by atoms with E-state index in [4.69, 9.17) is 4.74 Å². The van der Waals surface area contributed by atoms with Crippen LogP contribution < -0.4 is 9.64 Å². The maximum Gasteiger partial charge on any atom is 0.300 e. The second-order valence-electron chi connectivity index (χ2n) is 6.48. The lowest BCUT2D eigenvalue weighted by Gasteiger charge is -2.26. The number of pyridine rings is 1. The highest BCUT2D eigenvalue weighted by Crippen LogP contribution is 2.44. The Morgan fingerprint density at radius 2 is 1.62 bits per heavy atom. The van der Waals surface area contributed by atoms with E-state index in [0.29, 0.717) is 22.6 Å². The van der Waals surface area contributed by atoms with Crippen LogP contribution in [0.3, 0.4) is 0 Å². The highest BCUT2D eigenvalue weighted by molar-refractivity contribution is 6.51. The van der Waals surface area contributed by atoms with Crippen LogP contribution in [0.5, 0.6) is 5.75 Å². The first-order chi connectivity index (χ1) is 14.1. The molecule has 1 amide bonds. The zero-order valence-electron chi connectivity index (χ0n) is 15.6. The predicted molar refractivity (Wildman–Crippen MR) is 108 cm³/mol. The van der Waals surface area contributed by atoms with Gasteiger partial charge in [0.1, 0.15) is 11.5 Å². The van der Waals surface area contributed by atoms with Gasteiger partial charge in [-0.2, -0.15) is 0 Å². The Hall–Kier alpha value is -3.93. The average Bonchev–Trinajstić information content (AvgIpc) is 3.05. The van der Waals surface area contributed by atoms with Crippen molar-refractivity contribution in [2.45, 2.75) is 6.04 Å². The number of carbonyl (C=O) groups is 2. The molecule has 0 radical (unpaired) electrons. The maximum atomic E-state index is 13.0. The molecule has 2 heterocycles. The second kappa shape index (κ2) is 7.59. The Morgan fingerprint density at radius 1 is 0.966 bits per heavy atom. The van der Waals surface area contributed by atoms with Gasteiger partial charge in [-0.25, -0.2) is 0 Å². The van der Waals surface area contributed by atoms with Crippen LogP contribution in [0.4, 0.5) is 5.69 Å². The summed E-state index contributed by atoms with van der Waals surface area (Å²) in [6, 6.07) is 18.4. The molecule has 1 aromatic heterocycles. The predicted octanol–water partition coefficient (Wildman–Crippen LogP) is 3.72. The summed E-state index contributed by atoms with van der Waals surface area (Å²) in [4.78, 5) is 31.4. The molecule has 1 N–H and O–H groups in total. The molecule has 3 aromatic rings. The Kier molecular flexibility index (Phi) is 4.83. The number of ether oxygens (including phenoxy) is 1. The van der Waals surface area contributed by atoms with Gasteiger partial charge in [0, 0.05) is 29.2 Å². The molecule has 1 saturated heterocycles. The molecule has 144 valence electrons. The highest BCUT2D eigenvalue weighted by atomic mass is 16.5. The number of benzene rings is 2. The fraction of sp³-hybridized carbons (Fsp3) is 0.0870. The molecule has 0 aliphatic carbocycles. The quantitative estimate of drug-likeness (QED) is 0.420. The van der Waals surface area contributed by atoms with Crippen LogP contribution >= 0.6 is 0 Å². The molecule has 2 aromatic carbocycles. The van der Waals surface area contributed by atoms with Crippen LogP contribution in [-0.4, -0.2) is 28.9 Å². The van der Waals surface area contributed by atoms with Gasteiger partial charge in [-0.1, -0.05) is 36.4 Å². The van der Waals surface area contributed by atoms with Crippen LogP contribution in [0.1, 0.15) is 17.2 Å². The third-order valence-corrected chi connectivity index (χ3v) is 4.87. The number of carbonyl (C=O) groups excluding carboxylic acids is 2. The van der Waals surface area contributed by atoms with E-state index in [-0.39, 0.29) is 11.3 Å². The first-order valence-electron chi connectivity index (χ1n) is 9.03. The number of hydrogen-bond donors (Lipinski definition) is 1. The molecule has 0 spiro atoms. The van der Waals surface area contributed by atoms with Crippen LogP contribution in [0.25, 0.3) is 5.76 Å². The van der Waals surface area contributed by atoms with Gasteiger partial charge in [-0.05, 0) is 30.3 Å². The number of aliphatic hydroxyl groups excluding tert-OH is 1. The standard InChI is InChI=1S/C23H18N2O4/c1-29-18-10-6-5-9-17(18)20-19(21(26)15-11-13-24-14-12-15)22(27)23(28)25(20)16-7-3-2-4-8-16/h2-14,20,26H,1H3/b21-19-. The number of methoxy groups -OCH3 is 1. The molecule has 6 nitrogen and oxygen atoms in total. The monoisotopic (exact) mass is 386 g/mol. The number of nitrogens with zero attached hydrogens (tertiary/aromatic N) is 2. The van der Waals surface area contributed by atoms with Crippen molar-refractivity contribution in [2.24, 2.45) is 0 Å². The van der Waals surface area contributed by atoms with Gasteiger partial charge in [-0.3, -0.25) is 19.5 Å². The summed E-state index contributed by atoms with van der Waals surface area (Å²) in [6.45, 7) is 0. The van der Waals surface area contributed by atoms with Crippen molar-refractivity contribution >= 4 is 23.1 Å². The van der Waals surface area contributed by atoms with E-state index in [1.807, 2.05) is 6.07 Å². The molecule has 1 aliphatic heterocycles. The van der Waals surface area contributed by atoms with E-state index in [0.717, 1.165) is 0 Å². The number of aliphatic hydroxyl groups is 1. The lowest BCUT2D eigenvalue weighted by atomic mass is 9.94.